The van der Waals surface area contributed by atoms with Crippen LogP contribution in [0.25, 0.3) is 0 Å². The number of carbonyl (C=O) groups is 1. The number of hydrogen-bond donors (Lipinski definition) is 1. The summed E-state index contributed by atoms with van der Waals surface area (Å²) in [5.41, 5.74) is 0.480. The molecule has 1 aliphatic heterocycles. The summed E-state index contributed by atoms with van der Waals surface area (Å²) in [4.78, 5) is 12.4. The molecule has 1 heterocycles. The minimum atomic E-state index is -3.64. The van der Waals surface area contributed by atoms with Gasteiger partial charge in [-0.1, -0.05) is 20.3 Å². The Morgan fingerprint density at radius 3 is 2.40 bits per heavy atom. The Balaban J connectivity index is 2.32. The van der Waals surface area contributed by atoms with Crippen molar-refractivity contribution < 1.29 is 17.9 Å². The Morgan fingerprint density at radius 2 is 1.84 bits per heavy atom. The number of piperidine rings is 1. The third kappa shape index (κ3) is 4.52. The topological polar surface area (TPSA) is 75.7 Å². The van der Waals surface area contributed by atoms with Crippen LogP contribution >= 0.6 is 0 Å². The van der Waals surface area contributed by atoms with Crippen LogP contribution in [0.1, 0.15) is 46.0 Å². The number of amides is 1. The Hall–Kier alpha value is -1.60. The van der Waals surface area contributed by atoms with Crippen LogP contribution < -0.4 is 10.1 Å². The van der Waals surface area contributed by atoms with Crippen molar-refractivity contribution in [3.05, 3.63) is 18.2 Å². The lowest BCUT2D eigenvalue weighted by Gasteiger charge is -2.26. The fraction of sp³-hybridized carbons (Fsp3) is 0.611. The van der Waals surface area contributed by atoms with Crippen LogP contribution in [0.15, 0.2) is 23.1 Å². The second kappa shape index (κ2) is 8.67. The lowest BCUT2D eigenvalue weighted by molar-refractivity contribution is -0.120. The highest BCUT2D eigenvalue weighted by molar-refractivity contribution is 7.89. The fourth-order valence-electron chi connectivity index (χ4n) is 3.10. The molecule has 1 saturated heterocycles. The maximum Gasteiger partial charge on any atom is 0.246 e. The molecule has 0 aromatic heterocycles. The van der Waals surface area contributed by atoms with Crippen molar-refractivity contribution in [1.82, 2.24) is 4.31 Å². The first-order valence-electron chi connectivity index (χ1n) is 8.93. The van der Waals surface area contributed by atoms with E-state index in [0.717, 1.165) is 32.1 Å². The van der Waals surface area contributed by atoms with Crippen LogP contribution in [0.4, 0.5) is 5.69 Å². The van der Waals surface area contributed by atoms with Crippen LogP contribution in [-0.4, -0.2) is 38.8 Å². The van der Waals surface area contributed by atoms with Gasteiger partial charge in [-0.2, -0.15) is 4.31 Å². The number of nitrogens with one attached hydrogen (secondary N) is 1. The van der Waals surface area contributed by atoms with E-state index >= 15 is 0 Å². The fourth-order valence-corrected chi connectivity index (χ4v) is 4.80. The molecule has 1 fully saturated rings. The summed E-state index contributed by atoms with van der Waals surface area (Å²) in [6, 6.07) is 4.77. The molecule has 0 aliphatic carbocycles. The van der Waals surface area contributed by atoms with Gasteiger partial charge in [0.2, 0.25) is 15.9 Å². The van der Waals surface area contributed by atoms with Gasteiger partial charge in [-0.05, 0) is 43.9 Å². The quantitative estimate of drug-likeness (QED) is 0.802. The number of benzene rings is 1. The van der Waals surface area contributed by atoms with E-state index in [0.29, 0.717) is 24.5 Å². The molecule has 25 heavy (non-hydrogen) atoms. The van der Waals surface area contributed by atoms with E-state index in [-0.39, 0.29) is 16.7 Å². The monoisotopic (exact) mass is 368 g/mol. The summed E-state index contributed by atoms with van der Waals surface area (Å²) in [5, 5.41) is 2.83. The lowest BCUT2D eigenvalue weighted by Crippen LogP contribution is -2.35. The molecule has 0 bridgehead atoms. The summed E-state index contributed by atoms with van der Waals surface area (Å²) in [7, 11) is -2.19. The highest BCUT2D eigenvalue weighted by Gasteiger charge is 2.29. The smallest absolute Gasteiger partial charge is 0.246 e. The molecule has 0 atom stereocenters. The molecule has 0 unspecified atom stereocenters. The normalized spacial score (nSPS) is 16.0. The van der Waals surface area contributed by atoms with E-state index in [9.17, 15) is 13.2 Å². The van der Waals surface area contributed by atoms with Gasteiger partial charge in [0.25, 0.3) is 0 Å². The molecule has 0 spiro atoms. The van der Waals surface area contributed by atoms with Crippen molar-refractivity contribution in [3.8, 4) is 5.75 Å². The maximum absolute atomic E-state index is 13.0. The molecular weight excluding hydrogens is 340 g/mol. The van der Waals surface area contributed by atoms with E-state index in [1.54, 1.807) is 12.1 Å². The van der Waals surface area contributed by atoms with Gasteiger partial charge in [0.15, 0.2) is 0 Å². The van der Waals surface area contributed by atoms with E-state index in [1.165, 1.54) is 17.5 Å². The first-order valence-corrected chi connectivity index (χ1v) is 10.4. The molecule has 7 heteroatoms. The molecule has 1 N–H and O–H groups in total. The van der Waals surface area contributed by atoms with Gasteiger partial charge in [-0.25, -0.2) is 8.42 Å². The average molecular weight is 368 g/mol. The SMILES string of the molecule is CCC(CC)C(=O)Nc1ccc(OC)c(S(=O)(=O)N2CCCCC2)c1. The zero-order valence-electron chi connectivity index (χ0n) is 15.2. The Kier molecular flexibility index (Phi) is 6.84. The Labute approximate surface area is 150 Å². The van der Waals surface area contributed by atoms with E-state index in [1.807, 2.05) is 13.8 Å². The molecule has 1 aliphatic rings. The average Bonchev–Trinajstić information content (AvgIpc) is 2.63. The molecule has 6 nitrogen and oxygen atoms in total. The van der Waals surface area contributed by atoms with Crippen molar-refractivity contribution >= 4 is 21.6 Å². The molecule has 1 amide bonds. The highest BCUT2D eigenvalue weighted by atomic mass is 32.2. The molecule has 140 valence electrons. The summed E-state index contributed by atoms with van der Waals surface area (Å²) in [6.45, 7) is 4.98. The number of ether oxygens (including phenoxy) is 1. The summed E-state index contributed by atoms with van der Waals surface area (Å²) < 4.78 is 32.7. The van der Waals surface area contributed by atoms with Crippen molar-refractivity contribution in [1.29, 1.82) is 0 Å². The van der Waals surface area contributed by atoms with Crippen LogP contribution in [0.2, 0.25) is 0 Å². The maximum atomic E-state index is 13.0. The number of methoxy groups -OCH3 is 1. The Bertz CT molecular complexity index is 693. The molecule has 1 aromatic carbocycles. The largest absolute Gasteiger partial charge is 0.495 e. The van der Waals surface area contributed by atoms with Gasteiger partial charge in [0.05, 0.1) is 7.11 Å². The van der Waals surface area contributed by atoms with Crippen molar-refractivity contribution in [2.45, 2.75) is 50.8 Å². The third-order valence-electron chi connectivity index (χ3n) is 4.72. The molecule has 1 aromatic rings. The number of nitrogens with zero attached hydrogens (tertiary/aromatic N) is 1. The van der Waals surface area contributed by atoms with E-state index < -0.39 is 10.0 Å². The number of hydrogen-bond acceptors (Lipinski definition) is 4. The molecular formula is C18H28N2O4S. The number of carbonyl (C=O) groups excluding carboxylic acids is 1. The second-order valence-corrected chi connectivity index (χ2v) is 8.24. The summed E-state index contributed by atoms with van der Waals surface area (Å²) in [5.74, 6) is 0.131. The van der Waals surface area contributed by atoms with Gasteiger partial charge in [-0.3, -0.25) is 4.79 Å². The van der Waals surface area contributed by atoms with Crippen molar-refractivity contribution in [2.75, 3.05) is 25.5 Å². The number of rotatable bonds is 7. The predicted molar refractivity (Wildman–Crippen MR) is 98.3 cm³/mol. The first kappa shape index (κ1) is 19.7. The summed E-state index contributed by atoms with van der Waals surface area (Å²) >= 11 is 0. The first-order chi connectivity index (χ1) is 11.9. The van der Waals surface area contributed by atoms with Gasteiger partial charge in [0.1, 0.15) is 10.6 Å². The van der Waals surface area contributed by atoms with Crippen molar-refractivity contribution in [3.63, 3.8) is 0 Å². The Morgan fingerprint density at radius 1 is 1.20 bits per heavy atom. The zero-order chi connectivity index (χ0) is 18.4. The number of anilines is 1. The van der Waals surface area contributed by atoms with Crippen LogP contribution in [0, 0.1) is 5.92 Å². The zero-order valence-corrected chi connectivity index (χ0v) is 16.1. The third-order valence-corrected chi connectivity index (χ3v) is 6.64. The van der Waals surface area contributed by atoms with Crippen LogP contribution in [-0.2, 0) is 14.8 Å². The number of sulfonamides is 1. The van der Waals surface area contributed by atoms with Gasteiger partial charge >= 0.3 is 0 Å². The minimum Gasteiger partial charge on any atom is -0.495 e. The van der Waals surface area contributed by atoms with Gasteiger partial charge in [0, 0.05) is 24.7 Å². The van der Waals surface area contributed by atoms with E-state index in [2.05, 4.69) is 5.32 Å². The van der Waals surface area contributed by atoms with E-state index in [4.69, 9.17) is 4.74 Å². The van der Waals surface area contributed by atoms with Crippen LogP contribution in [0.3, 0.4) is 0 Å². The van der Waals surface area contributed by atoms with Gasteiger partial charge in [-0.15, -0.1) is 0 Å². The lowest BCUT2D eigenvalue weighted by atomic mass is 10.0. The summed E-state index contributed by atoms with van der Waals surface area (Å²) in [6.07, 6.45) is 4.28. The molecule has 2 rings (SSSR count). The standard InChI is InChI=1S/C18H28N2O4S/c1-4-14(5-2)18(21)19-15-9-10-16(24-3)17(13-15)25(22,23)20-11-7-6-8-12-20/h9-10,13-14H,4-8,11-12H2,1-3H3,(H,19,21). The molecule has 0 saturated carbocycles. The second-order valence-electron chi connectivity index (χ2n) is 6.33. The van der Waals surface area contributed by atoms with Crippen LogP contribution in [0.5, 0.6) is 5.75 Å². The highest BCUT2D eigenvalue weighted by Crippen LogP contribution is 2.31. The predicted octanol–water partition coefficient (Wildman–Crippen LogP) is 3.24. The van der Waals surface area contributed by atoms with Gasteiger partial charge < -0.3 is 10.1 Å². The molecule has 0 radical (unpaired) electrons. The van der Waals surface area contributed by atoms with Crippen molar-refractivity contribution in [2.24, 2.45) is 5.92 Å². The minimum absolute atomic E-state index is 0.0794.